The number of hydrogen-bond acceptors (Lipinski definition) is 1. The van der Waals surface area contributed by atoms with Gasteiger partial charge in [0.1, 0.15) is 5.75 Å². The van der Waals surface area contributed by atoms with Gasteiger partial charge in [-0.05, 0) is 55.0 Å². The Hall–Kier alpha value is -0.980. The normalized spacial score (nSPS) is 10.9. The highest BCUT2D eigenvalue weighted by Gasteiger charge is 2.11. The second-order valence-electron chi connectivity index (χ2n) is 4.03. The zero-order valence-electron chi connectivity index (χ0n) is 9.10. The average Bonchev–Trinajstić information content (AvgIpc) is 1.99. The average molecular weight is 178 g/mol. The van der Waals surface area contributed by atoms with Crippen molar-refractivity contribution in [1.82, 2.24) is 0 Å². The lowest BCUT2D eigenvalue weighted by Gasteiger charge is -2.16. The van der Waals surface area contributed by atoms with E-state index in [2.05, 4.69) is 27.7 Å². The molecule has 1 nitrogen and oxygen atoms in total. The smallest absolute Gasteiger partial charge is 0.119 e. The minimum Gasteiger partial charge on any atom is -0.508 e. The van der Waals surface area contributed by atoms with E-state index in [-0.39, 0.29) is 0 Å². The fourth-order valence-corrected chi connectivity index (χ4v) is 1.97. The summed E-state index contributed by atoms with van der Waals surface area (Å²) < 4.78 is 0. The highest BCUT2D eigenvalue weighted by atomic mass is 16.3. The Labute approximate surface area is 80.4 Å². The number of rotatable bonds is 1. The van der Waals surface area contributed by atoms with E-state index in [1.807, 2.05) is 13.0 Å². The molecule has 0 unspecified atom stereocenters. The Bertz CT molecular complexity index is 324. The minimum absolute atomic E-state index is 0.416. The first-order valence-electron chi connectivity index (χ1n) is 4.74. The Kier molecular flexibility index (Phi) is 2.65. The quantitative estimate of drug-likeness (QED) is 0.698. The molecule has 0 saturated carbocycles. The number of benzene rings is 1. The van der Waals surface area contributed by atoms with Crippen LogP contribution in [-0.4, -0.2) is 5.11 Å². The van der Waals surface area contributed by atoms with E-state index in [1.165, 1.54) is 16.7 Å². The topological polar surface area (TPSA) is 20.2 Å². The number of phenols is 1. The van der Waals surface area contributed by atoms with Crippen molar-refractivity contribution in [3.63, 3.8) is 0 Å². The summed E-state index contributed by atoms with van der Waals surface area (Å²) in [5.41, 5.74) is 4.80. The van der Waals surface area contributed by atoms with Gasteiger partial charge < -0.3 is 5.11 Å². The molecule has 1 heteroatoms. The fourth-order valence-electron chi connectivity index (χ4n) is 1.97. The molecular formula is C12H18O. The lowest BCUT2D eigenvalue weighted by molar-refractivity contribution is 0.469. The monoisotopic (exact) mass is 178 g/mol. The Morgan fingerprint density at radius 1 is 1.08 bits per heavy atom. The van der Waals surface area contributed by atoms with Crippen molar-refractivity contribution in [3.05, 3.63) is 28.3 Å². The Balaban J connectivity index is 3.44. The highest BCUT2D eigenvalue weighted by molar-refractivity contribution is 5.48. The maximum atomic E-state index is 9.59. The summed E-state index contributed by atoms with van der Waals surface area (Å²) in [7, 11) is 0. The predicted molar refractivity (Wildman–Crippen MR) is 56.4 cm³/mol. The first-order chi connectivity index (χ1) is 5.95. The molecule has 0 aromatic heterocycles. The molecule has 1 aromatic rings. The summed E-state index contributed by atoms with van der Waals surface area (Å²) in [5, 5.41) is 9.59. The largest absolute Gasteiger partial charge is 0.508 e. The van der Waals surface area contributed by atoms with Crippen molar-refractivity contribution in [3.8, 4) is 5.75 Å². The maximum Gasteiger partial charge on any atom is 0.119 e. The molecule has 0 atom stereocenters. The van der Waals surface area contributed by atoms with Crippen LogP contribution in [0.25, 0.3) is 0 Å². The third-order valence-corrected chi connectivity index (χ3v) is 2.71. The van der Waals surface area contributed by atoms with Gasteiger partial charge in [-0.1, -0.05) is 13.8 Å². The van der Waals surface area contributed by atoms with Gasteiger partial charge in [0.2, 0.25) is 0 Å². The van der Waals surface area contributed by atoms with Crippen molar-refractivity contribution in [2.24, 2.45) is 0 Å². The van der Waals surface area contributed by atoms with Gasteiger partial charge >= 0.3 is 0 Å². The first-order valence-corrected chi connectivity index (χ1v) is 4.74. The first kappa shape index (κ1) is 10.1. The van der Waals surface area contributed by atoms with E-state index in [0.717, 1.165) is 5.56 Å². The van der Waals surface area contributed by atoms with E-state index in [9.17, 15) is 5.11 Å². The van der Waals surface area contributed by atoms with Gasteiger partial charge in [0.25, 0.3) is 0 Å². The second-order valence-corrected chi connectivity index (χ2v) is 4.03. The van der Waals surface area contributed by atoms with Crippen LogP contribution >= 0.6 is 0 Å². The third-order valence-electron chi connectivity index (χ3n) is 2.71. The summed E-state index contributed by atoms with van der Waals surface area (Å²) >= 11 is 0. The summed E-state index contributed by atoms with van der Waals surface area (Å²) in [6, 6.07) is 1.86. The van der Waals surface area contributed by atoms with Crippen LogP contribution in [0.1, 0.15) is 42.0 Å². The molecule has 72 valence electrons. The van der Waals surface area contributed by atoms with Crippen molar-refractivity contribution < 1.29 is 5.11 Å². The Morgan fingerprint density at radius 3 is 2.08 bits per heavy atom. The standard InChI is InChI=1S/C12H18O/c1-7(2)12-8(3)6-11(13)9(4)10(12)5/h6-7,13H,1-5H3. The SMILES string of the molecule is Cc1cc(O)c(C)c(C)c1C(C)C. The van der Waals surface area contributed by atoms with Crippen LogP contribution < -0.4 is 0 Å². The highest BCUT2D eigenvalue weighted by Crippen LogP contribution is 2.30. The Morgan fingerprint density at radius 2 is 1.62 bits per heavy atom. The number of hydrogen-bond donors (Lipinski definition) is 1. The fraction of sp³-hybridized carbons (Fsp3) is 0.500. The molecule has 0 heterocycles. The minimum atomic E-state index is 0.416. The predicted octanol–water partition coefficient (Wildman–Crippen LogP) is 3.44. The molecule has 1 N–H and O–H groups in total. The van der Waals surface area contributed by atoms with Gasteiger partial charge in [-0.15, -0.1) is 0 Å². The van der Waals surface area contributed by atoms with Gasteiger partial charge in [-0.3, -0.25) is 0 Å². The van der Waals surface area contributed by atoms with Crippen LogP contribution in [0.4, 0.5) is 0 Å². The van der Waals surface area contributed by atoms with Gasteiger partial charge in [0.15, 0.2) is 0 Å². The molecule has 0 radical (unpaired) electrons. The molecule has 0 aliphatic carbocycles. The number of aryl methyl sites for hydroxylation is 1. The van der Waals surface area contributed by atoms with Crippen molar-refractivity contribution in [1.29, 1.82) is 0 Å². The van der Waals surface area contributed by atoms with Crippen LogP contribution in [0.3, 0.4) is 0 Å². The molecule has 1 aromatic carbocycles. The van der Waals surface area contributed by atoms with E-state index in [0.29, 0.717) is 11.7 Å². The maximum absolute atomic E-state index is 9.59. The molecular weight excluding hydrogens is 160 g/mol. The molecule has 0 amide bonds. The molecule has 0 bridgehead atoms. The lowest BCUT2D eigenvalue weighted by Crippen LogP contribution is -1.98. The van der Waals surface area contributed by atoms with Crippen LogP contribution in [0, 0.1) is 20.8 Å². The van der Waals surface area contributed by atoms with E-state index in [4.69, 9.17) is 0 Å². The molecule has 0 fully saturated rings. The molecule has 0 spiro atoms. The van der Waals surface area contributed by atoms with Gasteiger partial charge in [-0.25, -0.2) is 0 Å². The molecule has 13 heavy (non-hydrogen) atoms. The lowest BCUT2D eigenvalue weighted by atomic mass is 9.90. The summed E-state index contributed by atoms with van der Waals surface area (Å²) in [4.78, 5) is 0. The van der Waals surface area contributed by atoms with Crippen molar-refractivity contribution in [2.75, 3.05) is 0 Å². The van der Waals surface area contributed by atoms with Crippen LogP contribution in [0.2, 0.25) is 0 Å². The zero-order chi connectivity index (χ0) is 10.2. The van der Waals surface area contributed by atoms with Crippen LogP contribution in [0.5, 0.6) is 5.75 Å². The molecule has 0 aliphatic rings. The second kappa shape index (κ2) is 3.41. The summed E-state index contributed by atoms with van der Waals surface area (Å²) in [5.74, 6) is 0.943. The molecule has 0 saturated heterocycles. The van der Waals surface area contributed by atoms with Gasteiger partial charge in [0.05, 0.1) is 0 Å². The molecule has 1 rings (SSSR count). The van der Waals surface area contributed by atoms with Crippen LogP contribution in [0.15, 0.2) is 6.07 Å². The summed E-state index contributed by atoms with van der Waals surface area (Å²) in [6.07, 6.45) is 0. The van der Waals surface area contributed by atoms with Crippen molar-refractivity contribution >= 4 is 0 Å². The molecule has 0 aliphatic heterocycles. The van der Waals surface area contributed by atoms with Gasteiger partial charge in [0, 0.05) is 0 Å². The zero-order valence-corrected chi connectivity index (χ0v) is 9.10. The van der Waals surface area contributed by atoms with Crippen molar-refractivity contribution in [2.45, 2.75) is 40.5 Å². The number of phenolic OH excluding ortho intramolecular Hbond substituents is 1. The van der Waals surface area contributed by atoms with E-state index >= 15 is 0 Å². The summed E-state index contributed by atoms with van der Waals surface area (Å²) in [6.45, 7) is 10.5. The van der Waals surface area contributed by atoms with E-state index < -0.39 is 0 Å². The number of aromatic hydroxyl groups is 1. The van der Waals surface area contributed by atoms with Crippen LogP contribution in [-0.2, 0) is 0 Å². The van der Waals surface area contributed by atoms with E-state index in [1.54, 1.807) is 0 Å². The third kappa shape index (κ3) is 1.69. The van der Waals surface area contributed by atoms with Gasteiger partial charge in [-0.2, -0.15) is 0 Å².